The molecule has 0 aliphatic carbocycles. The second-order valence-corrected chi connectivity index (χ2v) is 15.8. The number of hydrogen-bond donors (Lipinski definition) is 18. The second kappa shape index (κ2) is 31.0. The molecule has 9 amide bonds. The Labute approximate surface area is 400 Å². The van der Waals surface area contributed by atoms with Crippen molar-refractivity contribution in [2.45, 2.75) is 101 Å². The molecule has 0 saturated heterocycles. The number of hydrogen-bond acceptors (Lipinski definition) is 17. The number of guanidine groups is 1. The zero-order valence-electron chi connectivity index (χ0n) is 38.0. The largest absolute Gasteiger partial charge is 0.481 e. The van der Waals surface area contributed by atoms with Crippen LogP contribution in [0.25, 0.3) is 0 Å². The average molecular weight is 1000 g/mol. The van der Waals surface area contributed by atoms with E-state index >= 15 is 0 Å². The van der Waals surface area contributed by atoms with Crippen molar-refractivity contribution in [3.05, 3.63) is 18.2 Å². The minimum absolute atomic E-state index is 0.0234. The minimum Gasteiger partial charge on any atom is -0.481 e. The highest BCUT2D eigenvalue weighted by molar-refractivity contribution is 7.80. The number of nitrogens with zero attached hydrogens (tertiary/aromatic N) is 2. The van der Waals surface area contributed by atoms with Crippen molar-refractivity contribution < 1.29 is 73.2 Å². The second-order valence-electron chi connectivity index (χ2n) is 15.4. The molecule has 0 aromatic carbocycles. The molecule has 0 radical (unpaired) electrons. The molecule has 1 aromatic heterocycles. The lowest BCUT2D eigenvalue weighted by Gasteiger charge is -2.28. The van der Waals surface area contributed by atoms with Gasteiger partial charge in [-0.2, -0.15) is 12.6 Å². The lowest BCUT2D eigenvalue weighted by molar-refractivity contribution is -0.144. The fraction of sp³-hybridized carbons (Fsp3) is 0.605. The molecular formula is C38H63N15O15S. The van der Waals surface area contributed by atoms with Crippen LogP contribution in [0.4, 0.5) is 0 Å². The van der Waals surface area contributed by atoms with Crippen LogP contribution in [0.2, 0.25) is 0 Å². The number of H-pyrrole nitrogens is 1. The van der Waals surface area contributed by atoms with Crippen LogP contribution in [0.3, 0.4) is 0 Å². The molecule has 0 saturated carbocycles. The normalized spacial score (nSPS) is 14.3. The number of nitrogens with two attached hydrogens (primary N) is 3. The summed E-state index contributed by atoms with van der Waals surface area (Å²) in [5.41, 5.74) is 16.3. The highest BCUT2D eigenvalue weighted by Gasteiger charge is 2.34. The van der Waals surface area contributed by atoms with Gasteiger partial charge in [-0.3, -0.25) is 52.9 Å². The number of aliphatic hydroxyl groups excluding tert-OH is 2. The molecule has 31 heteroatoms. The van der Waals surface area contributed by atoms with E-state index in [1.54, 1.807) is 13.8 Å². The van der Waals surface area contributed by atoms with E-state index in [1.807, 2.05) is 0 Å². The SMILES string of the molecule is CC(C)[C@H](NC(=O)[C@H](CS)NC(=O)[C@H](Cc1cnc[nH]1)NC(=O)[C@H](CCC(=O)O)NC(=O)CNC(=O)[C@H](CO)NC(=O)CN)C(=O)N[C@@H](CCCN=C(N)N)C(=O)NCC(=O)N[C@H](C(=O)O)[C@@H](C)O. The van der Waals surface area contributed by atoms with Gasteiger partial charge in [-0.05, 0) is 32.1 Å². The van der Waals surface area contributed by atoms with Crippen LogP contribution in [0.1, 0.15) is 52.1 Å². The number of nitrogens with one attached hydrogen (secondary N) is 10. The van der Waals surface area contributed by atoms with E-state index in [-0.39, 0.29) is 37.5 Å². The van der Waals surface area contributed by atoms with Gasteiger partial charge in [0.1, 0.15) is 36.3 Å². The van der Waals surface area contributed by atoms with Gasteiger partial charge in [-0.25, -0.2) is 9.78 Å². The number of imidazole rings is 1. The maximum absolute atomic E-state index is 13.9. The molecule has 1 heterocycles. The van der Waals surface area contributed by atoms with Gasteiger partial charge in [0.25, 0.3) is 0 Å². The van der Waals surface area contributed by atoms with Crippen molar-refractivity contribution >= 4 is 83.7 Å². The van der Waals surface area contributed by atoms with Crippen LogP contribution >= 0.6 is 12.6 Å². The van der Waals surface area contributed by atoms with Crippen LogP contribution in [0.15, 0.2) is 17.5 Å². The summed E-state index contributed by atoms with van der Waals surface area (Å²) in [6.45, 7) is 1.35. The third-order valence-corrected chi connectivity index (χ3v) is 9.85. The Kier molecular flexibility index (Phi) is 26.9. The van der Waals surface area contributed by atoms with Gasteiger partial charge < -0.3 is 90.5 Å². The standard InChI is InChI=1S/C38H63N15O15S/c1-17(2)29(36(66)49-20(5-4-8-43-38(40)41)31(61)44-13-27(58)52-30(18(3)55)37(67)68)53-35(65)24(15-69)51-34(64)22(9-19-11-42-16-46-19)50-33(63)21(6-7-28(59)60)47-26(57)12-45-32(62)23(14-54)48-25(56)10-39/h11,16-18,20-24,29-30,54-55,69H,4-10,12-15,39H2,1-3H3,(H,42,46)(H,44,61)(H,45,62)(H,47,57)(H,48,56)(H,49,66)(H,50,63)(H,51,64)(H,52,58)(H,53,65)(H,59,60)(H,67,68)(H4,40,41,43)/t18-,20+,21+,22+,23+,24+,29+,30+/m1/s1. The first-order valence-corrected chi connectivity index (χ1v) is 21.8. The van der Waals surface area contributed by atoms with Crippen molar-refractivity contribution in [3.8, 4) is 0 Å². The third kappa shape index (κ3) is 23.0. The maximum atomic E-state index is 13.9. The Balaban J connectivity index is 3.26. The van der Waals surface area contributed by atoms with Gasteiger partial charge in [-0.15, -0.1) is 0 Å². The zero-order valence-corrected chi connectivity index (χ0v) is 38.9. The molecule has 0 aliphatic heterocycles. The Morgan fingerprint density at radius 2 is 1.23 bits per heavy atom. The van der Waals surface area contributed by atoms with E-state index in [9.17, 15) is 73.2 Å². The monoisotopic (exact) mass is 1000 g/mol. The van der Waals surface area contributed by atoms with E-state index in [4.69, 9.17) is 17.2 Å². The number of amides is 9. The van der Waals surface area contributed by atoms with E-state index < -0.39 is 159 Å². The van der Waals surface area contributed by atoms with Crippen molar-refractivity contribution in [2.75, 3.05) is 38.5 Å². The fourth-order valence-electron chi connectivity index (χ4n) is 5.81. The number of carbonyl (C=O) groups excluding carboxylic acids is 9. The summed E-state index contributed by atoms with van der Waals surface area (Å²) in [7, 11) is 0. The Morgan fingerprint density at radius 3 is 1.74 bits per heavy atom. The van der Waals surface area contributed by atoms with Gasteiger partial charge in [0.05, 0.1) is 38.7 Å². The minimum atomic E-state index is -1.68. The highest BCUT2D eigenvalue weighted by Crippen LogP contribution is 2.08. The number of carboxylic acids is 2. The third-order valence-electron chi connectivity index (χ3n) is 9.48. The summed E-state index contributed by atoms with van der Waals surface area (Å²) in [6, 6.07) is -10.5. The van der Waals surface area contributed by atoms with Crippen LogP contribution in [-0.4, -0.2) is 188 Å². The summed E-state index contributed by atoms with van der Waals surface area (Å²) in [4.78, 5) is 151. The fourth-order valence-corrected chi connectivity index (χ4v) is 6.07. The van der Waals surface area contributed by atoms with Crippen molar-refractivity contribution in [2.24, 2.45) is 28.1 Å². The van der Waals surface area contributed by atoms with Crippen molar-refractivity contribution in [3.63, 3.8) is 0 Å². The number of thiol groups is 1. The average Bonchev–Trinajstić information content (AvgIpc) is 3.81. The molecule has 8 atom stereocenters. The number of aliphatic carboxylic acids is 2. The Hall–Kier alpha value is -7.12. The van der Waals surface area contributed by atoms with Crippen molar-refractivity contribution in [1.82, 2.24) is 57.8 Å². The molecule has 69 heavy (non-hydrogen) atoms. The lowest BCUT2D eigenvalue weighted by Crippen LogP contribution is -2.61. The van der Waals surface area contributed by atoms with Crippen LogP contribution in [-0.2, 0) is 59.2 Å². The van der Waals surface area contributed by atoms with E-state index in [0.29, 0.717) is 5.69 Å². The molecule has 0 aliphatic rings. The molecular weight excluding hydrogens is 939 g/mol. The quantitative estimate of drug-likeness (QED) is 0.0138. The molecule has 20 N–H and O–H groups in total. The van der Waals surface area contributed by atoms with Crippen LogP contribution in [0, 0.1) is 5.92 Å². The molecule has 0 fully saturated rings. The molecule has 1 aromatic rings. The summed E-state index contributed by atoms with van der Waals surface area (Å²) in [6.07, 6.45) is -0.307. The molecule has 1 rings (SSSR count). The van der Waals surface area contributed by atoms with E-state index in [2.05, 4.69) is 75.4 Å². The maximum Gasteiger partial charge on any atom is 0.328 e. The molecule has 0 spiro atoms. The summed E-state index contributed by atoms with van der Waals surface area (Å²) >= 11 is 4.19. The van der Waals surface area contributed by atoms with Crippen LogP contribution in [0.5, 0.6) is 0 Å². The Bertz CT molecular complexity index is 1970. The van der Waals surface area contributed by atoms with Gasteiger partial charge in [0.15, 0.2) is 12.0 Å². The van der Waals surface area contributed by atoms with E-state index in [1.165, 1.54) is 12.5 Å². The number of aliphatic hydroxyl groups is 2. The van der Waals surface area contributed by atoms with Gasteiger partial charge in [0, 0.05) is 37.0 Å². The topological polar surface area (TPSA) is 496 Å². The Morgan fingerprint density at radius 1 is 0.696 bits per heavy atom. The lowest BCUT2D eigenvalue weighted by atomic mass is 10.0. The van der Waals surface area contributed by atoms with Crippen LogP contribution < -0.4 is 65.1 Å². The highest BCUT2D eigenvalue weighted by atomic mass is 32.1. The van der Waals surface area contributed by atoms with Gasteiger partial charge in [0.2, 0.25) is 53.2 Å². The first-order chi connectivity index (χ1) is 32.4. The molecule has 30 nitrogen and oxygen atoms in total. The predicted molar refractivity (Wildman–Crippen MR) is 243 cm³/mol. The summed E-state index contributed by atoms with van der Waals surface area (Å²) in [5.74, 6) is -12.7. The molecule has 386 valence electrons. The number of carbonyl (C=O) groups is 11. The van der Waals surface area contributed by atoms with E-state index in [0.717, 1.165) is 6.92 Å². The number of aromatic amines is 1. The number of aliphatic imine (C=N–C) groups is 1. The number of carboxylic acid groups (broad SMARTS) is 2. The number of rotatable bonds is 32. The molecule has 0 unspecified atom stereocenters. The summed E-state index contributed by atoms with van der Waals surface area (Å²) in [5, 5.41) is 58.4. The zero-order chi connectivity index (χ0) is 52.4. The van der Waals surface area contributed by atoms with Gasteiger partial charge >= 0.3 is 11.9 Å². The number of aromatic nitrogens is 2. The van der Waals surface area contributed by atoms with Gasteiger partial charge in [-0.1, -0.05) is 13.8 Å². The summed E-state index contributed by atoms with van der Waals surface area (Å²) < 4.78 is 0. The predicted octanol–water partition coefficient (Wildman–Crippen LogP) is -8.50. The first-order valence-electron chi connectivity index (χ1n) is 21.2. The van der Waals surface area contributed by atoms with Crippen molar-refractivity contribution in [1.29, 1.82) is 0 Å². The molecule has 0 bridgehead atoms. The smallest absolute Gasteiger partial charge is 0.328 e. The first kappa shape index (κ1) is 59.9.